The van der Waals surface area contributed by atoms with Gasteiger partial charge in [-0.25, -0.2) is 4.79 Å². The predicted molar refractivity (Wildman–Crippen MR) is 167 cm³/mol. The minimum absolute atomic E-state index is 0.0763. The first-order chi connectivity index (χ1) is 23.1. The minimum Gasteiger partial charge on any atom is -0.491 e. The van der Waals surface area contributed by atoms with E-state index < -0.39 is 73.6 Å². The highest BCUT2D eigenvalue weighted by Crippen LogP contribution is 2.34. The van der Waals surface area contributed by atoms with E-state index in [1.807, 2.05) is 0 Å². The summed E-state index contributed by atoms with van der Waals surface area (Å²) in [6.45, 7) is -0.0618. The molecule has 0 aromatic heterocycles. The zero-order chi connectivity index (χ0) is 34.9. The van der Waals surface area contributed by atoms with Crippen molar-refractivity contribution in [1.82, 2.24) is 10.6 Å². The first-order valence-electron chi connectivity index (χ1n) is 15.2. The number of benzene rings is 2. The molecule has 1 aliphatic heterocycles. The van der Waals surface area contributed by atoms with E-state index in [4.69, 9.17) is 30.1 Å². The number of nitrogens with one attached hydrogen (secondary N) is 2. The SMILES string of the molecule is C#CCOCCOCCOc1ccc(CC(=O)NC[C@@H](O)[C@@H](O)[C@@H]2O[C@@](OCc3ccccc3)(C(=O)O)C[C@H](O)[C@H]2NC(=O)CO)cc1. The average Bonchev–Trinajstić information content (AvgIpc) is 3.09. The normalized spacial score (nSPS) is 21.8. The van der Waals surface area contributed by atoms with Gasteiger partial charge in [-0.05, 0) is 23.3 Å². The number of aliphatic hydroxyl groups excluding tert-OH is 4. The zero-order valence-corrected chi connectivity index (χ0v) is 26.2. The number of carboxylic acid groups (broad SMARTS) is 1. The maximum Gasteiger partial charge on any atom is 0.364 e. The largest absolute Gasteiger partial charge is 0.491 e. The van der Waals surface area contributed by atoms with Gasteiger partial charge in [0.2, 0.25) is 11.8 Å². The van der Waals surface area contributed by atoms with Crippen molar-refractivity contribution < 1.29 is 63.6 Å². The minimum atomic E-state index is -2.47. The van der Waals surface area contributed by atoms with Gasteiger partial charge in [-0.3, -0.25) is 9.59 Å². The Morgan fingerprint density at radius 2 is 1.67 bits per heavy atom. The quantitative estimate of drug-likeness (QED) is 0.0644. The molecule has 15 heteroatoms. The van der Waals surface area contributed by atoms with E-state index in [1.54, 1.807) is 54.6 Å². The van der Waals surface area contributed by atoms with Crippen molar-refractivity contribution in [2.24, 2.45) is 0 Å². The van der Waals surface area contributed by atoms with Crippen LogP contribution in [0.4, 0.5) is 0 Å². The van der Waals surface area contributed by atoms with Crippen molar-refractivity contribution >= 4 is 17.8 Å². The fraction of sp³-hybridized carbons (Fsp3) is 0.485. The lowest BCUT2D eigenvalue weighted by molar-refractivity contribution is -0.314. The molecule has 6 atom stereocenters. The van der Waals surface area contributed by atoms with E-state index in [9.17, 15) is 39.9 Å². The number of carboxylic acids is 1. The Hall–Kier alpha value is -4.11. The second kappa shape index (κ2) is 19.6. The topological polar surface area (TPSA) is 223 Å². The summed E-state index contributed by atoms with van der Waals surface area (Å²) in [5.74, 6) is -2.61. The van der Waals surface area contributed by atoms with Gasteiger partial charge in [0.15, 0.2) is 0 Å². The number of ether oxygens (including phenoxy) is 5. The van der Waals surface area contributed by atoms with Crippen LogP contribution in [0.2, 0.25) is 0 Å². The van der Waals surface area contributed by atoms with Crippen LogP contribution < -0.4 is 15.4 Å². The monoisotopic (exact) mass is 674 g/mol. The van der Waals surface area contributed by atoms with E-state index in [0.717, 1.165) is 0 Å². The number of hydrogen-bond donors (Lipinski definition) is 7. The molecule has 0 bridgehead atoms. The average molecular weight is 675 g/mol. The van der Waals surface area contributed by atoms with Crippen molar-refractivity contribution in [3.05, 3.63) is 65.7 Å². The fourth-order valence-corrected chi connectivity index (χ4v) is 4.80. The standard InChI is InChI=1S/C33H42N2O13/c1-2-12-44-13-14-45-15-16-46-24-10-8-22(9-11-24)17-27(39)34-19-26(38)30(41)31-29(35-28(40)20-36)25(37)18-33(48-31,32(42)43)47-21-23-6-4-3-5-7-23/h1,3-11,25-26,29-31,36-38,41H,12-21H2,(H,34,39)(H,35,40)(H,42,43)/t25-,26+,29+,30+,31+,33+/m0/s1. The second-order valence-corrected chi connectivity index (χ2v) is 10.8. The lowest BCUT2D eigenvalue weighted by atomic mass is 9.88. The van der Waals surface area contributed by atoms with E-state index in [2.05, 4.69) is 16.6 Å². The van der Waals surface area contributed by atoms with Crippen LogP contribution in [-0.4, -0.2) is 126 Å². The van der Waals surface area contributed by atoms with E-state index in [0.29, 0.717) is 43.3 Å². The number of hydrogen-bond acceptors (Lipinski definition) is 12. The smallest absolute Gasteiger partial charge is 0.364 e. The van der Waals surface area contributed by atoms with Crippen LogP contribution in [0.25, 0.3) is 0 Å². The lowest BCUT2D eigenvalue weighted by Crippen LogP contribution is -2.68. The van der Waals surface area contributed by atoms with Crippen molar-refractivity contribution in [3.8, 4) is 18.1 Å². The third kappa shape index (κ3) is 11.8. The molecule has 2 aromatic rings. The Morgan fingerprint density at radius 1 is 0.979 bits per heavy atom. The molecule has 2 aromatic carbocycles. The van der Waals surface area contributed by atoms with Crippen molar-refractivity contribution in [2.45, 2.75) is 55.7 Å². The van der Waals surface area contributed by atoms with Crippen LogP contribution in [0.3, 0.4) is 0 Å². The van der Waals surface area contributed by atoms with Crippen LogP contribution >= 0.6 is 0 Å². The molecule has 1 heterocycles. The molecule has 2 amide bonds. The third-order valence-electron chi connectivity index (χ3n) is 7.27. The van der Waals surface area contributed by atoms with Crippen molar-refractivity contribution in [3.63, 3.8) is 0 Å². The molecule has 262 valence electrons. The highest BCUT2D eigenvalue weighted by Gasteiger charge is 2.55. The first kappa shape index (κ1) is 38.3. The van der Waals surface area contributed by atoms with Crippen LogP contribution in [0.1, 0.15) is 17.5 Å². The van der Waals surface area contributed by atoms with Gasteiger partial charge < -0.3 is 59.9 Å². The highest BCUT2D eigenvalue weighted by atomic mass is 16.7. The van der Waals surface area contributed by atoms with Gasteiger partial charge in [-0.15, -0.1) is 6.42 Å². The molecule has 0 spiro atoms. The molecule has 1 aliphatic rings. The summed E-state index contributed by atoms with van der Waals surface area (Å²) < 4.78 is 27.4. The molecule has 0 unspecified atom stereocenters. The number of rotatable bonds is 20. The lowest BCUT2D eigenvalue weighted by Gasteiger charge is -2.46. The maximum atomic E-state index is 12.6. The molecule has 3 rings (SSSR count). The molecule has 15 nitrogen and oxygen atoms in total. The van der Waals surface area contributed by atoms with Gasteiger partial charge in [0, 0.05) is 13.0 Å². The Kier molecular flexibility index (Phi) is 15.7. The number of amides is 2. The summed E-state index contributed by atoms with van der Waals surface area (Å²) in [6, 6.07) is 13.8. The van der Waals surface area contributed by atoms with Crippen molar-refractivity contribution in [1.29, 1.82) is 0 Å². The molecule has 1 saturated heterocycles. The van der Waals surface area contributed by atoms with Crippen LogP contribution in [-0.2, 0) is 46.4 Å². The van der Waals surface area contributed by atoms with Gasteiger partial charge >= 0.3 is 5.97 Å². The fourth-order valence-electron chi connectivity index (χ4n) is 4.80. The number of carbonyl (C=O) groups excluding carboxylic acids is 2. The molecular weight excluding hydrogens is 632 g/mol. The summed E-state index contributed by atoms with van der Waals surface area (Å²) in [4.78, 5) is 37.0. The van der Waals surface area contributed by atoms with Gasteiger partial charge in [-0.1, -0.05) is 48.4 Å². The molecular formula is C33H42N2O13. The Morgan fingerprint density at radius 3 is 2.33 bits per heavy atom. The van der Waals surface area contributed by atoms with Crippen LogP contribution in [0.15, 0.2) is 54.6 Å². The maximum absolute atomic E-state index is 12.6. The summed E-state index contributed by atoms with van der Waals surface area (Å²) in [5.41, 5.74) is 1.22. The van der Waals surface area contributed by atoms with Gasteiger partial charge in [0.1, 0.15) is 37.8 Å². The predicted octanol–water partition coefficient (Wildman–Crippen LogP) is -1.26. The summed E-state index contributed by atoms with van der Waals surface area (Å²) in [7, 11) is 0. The van der Waals surface area contributed by atoms with Crippen LogP contribution in [0.5, 0.6) is 5.75 Å². The zero-order valence-electron chi connectivity index (χ0n) is 26.2. The van der Waals surface area contributed by atoms with E-state index >= 15 is 0 Å². The number of terminal acetylenes is 1. The molecule has 7 N–H and O–H groups in total. The third-order valence-corrected chi connectivity index (χ3v) is 7.27. The molecule has 0 aliphatic carbocycles. The van der Waals surface area contributed by atoms with Gasteiger partial charge in [0.05, 0.1) is 51.1 Å². The molecule has 0 saturated carbocycles. The molecule has 0 radical (unpaired) electrons. The molecule has 1 fully saturated rings. The first-order valence-corrected chi connectivity index (χ1v) is 15.2. The number of aliphatic hydroxyl groups is 4. The Labute approximate surface area is 277 Å². The van der Waals surface area contributed by atoms with Crippen molar-refractivity contribution in [2.75, 3.05) is 46.2 Å². The van der Waals surface area contributed by atoms with Crippen LogP contribution in [0, 0.1) is 12.3 Å². The second-order valence-electron chi connectivity index (χ2n) is 10.8. The number of carbonyl (C=O) groups is 3. The number of aliphatic carboxylic acids is 1. The Balaban J connectivity index is 1.56. The van der Waals surface area contributed by atoms with E-state index in [1.165, 1.54) is 0 Å². The van der Waals surface area contributed by atoms with Gasteiger partial charge in [0.25, 0.3) is 5.79 Å². The highest BCUT2D eigenvalue weighted by molar-refractivity contribution is 5.79. The van der Waals surface area contributed by atoms with E-state index in [-0.39, 0.29) is 19.6 Å². The molecule has 48 heavy (non-hydrogen) atoms. The van der Waals surface area contributed by atoms with Gasteiger partial charge in [-0.2, -0.15) is 0 Å². The summed E-state index contributed by atoms with van der Waals surface area (Å²) >= 11 is 0. The summed E-state index contributed by atoms with van der Waals surface area (Å²) in [5, 5.41) is 56.8. The Bertz CT molecular complexity index is 1340. The summed E-state index contributed by atoms with van der Waals surface area (Å²) in [6.07, 6.45) is -2.67.